The van der Waals surface area contributed by atoms with E-state index >= 15 is 0 Å². The van der Waals surface area contributed by atoms with Gasteiger partial charge in [0.15, 0.2) is 0 Å². The van der Waals surface area contributed by atoms with Gasteiger partial charge in [0.25, 0.3) is 11.5 Å². The highest BCUT2D eigenvalue weighted by Crippen LogP contribution is 2.19. The van der Waals surface area contributed by atoms with E-state index in [1.165, 1.54) is 16.2 Å². The number of benzene rings is 1. The first-order valence-electron chi connectivity index (χ1n) is 10.7. The summed E-state index contributed by atoms with van der Waals surface area (Å²) in [6.07, 6.45) is 5.76. The van der Waals surface area contributed by atoms with Crippen molar-refractivity contribution in [2.24, 2.45) is 0 Å². The van der Waals surface area contributed by atoms with Crippen molar-refractivity contribution >= 4 is 11.8 Å². The van der Waals surface area contributed by atoms with Crippen LogP contribution in [0.4, 0.5) is 0 Å². The van der Waals surface area contributed by atoms with Crippen molar-refractivity contribution in [2.45, 2.75) is 71.0 Å². The van der Waals surface area contributed by atoms with Gasteiger partial charge in [0, 0.05) is 12.2 Å². The molecule has 2 amide bonds. The number of nitrogens with zero attached hydrogens (tertiary/aromatic N) is 1. The Balaban J connectivity index is 1.66. The lowest BCUT2D eigenvalue weighted by atomic mass is 9.99. The van der Waals surface area contributed by atoms with E-state index in [0.717, 1.165) is 31.2 Å². The van der Waals surface area contributed by atoms with Crippen molar-refractivity contribution in [1.29, 1.82) is 0 Å². The first-order chi connectivity index (χ1) is 14.3. The number of hydrogen-bond acceptors (Lipinski definition) is 3. The summed E-state index contributed by atoms with van der Waals surface area (Å²) in [6, 6.07) is 11.2. The number of carbonyl (C=O) groups is 2. The Morgan fingerprint density at radius 1 is 1.03 bits per heavy atom. The molecule has 1 aliphatic rings. The predicted octanol–water partition coefficient (Wildman–Crippen LogP) is 3.52. The molecular formula is C24H31N3O3. The van der Waals surface area contributed by atoms with Crippen molar-refractivity contribution in [1.82, 2.24) is 15.2 Å². The maximum absolute atomic E-state index is 12.7. The van der Waals surface area contributed by atoms with Crippen LogP contribution in [0.2, 0.25) is 0 Å². The summed E-state index contributed by atoms with van der Waals surface area (Å²) in [7, 11) is 0. The van der Waals surface area contributed by atoms with Gasteiger partial charge in [0.1, 0.15) is 12.1 Å². The Bertz CT molecular complexity index is 941. The molecule has 0 unspecified atom stereocenters. The zero-order chi connectivity index (χ0) is 21.7. The van der Waals surface area contributed by atoms with Crippen LogP contribution in [-0.2, 0) is 11.3 Å². The minimum atomic E-state index is -0.459. The molecule has 0 radical (unpaired) electrons. The number of pyridine rings is 1. The molecule has 0 saturated heterocycles. The average molecular weight is 410 g/mol. The SMILES string of the molecule is CC(C)c1ccc([C@H](C)NC(=O)c2cccn(CC(=O)NC3CCCC3)c2=O)cc1. The van der Waals surface area contributed by atoms with Crippen LogP contribution in [0.3, 0.4) is 0 Å². The lowest BCUT2D eigenvalue weighted by molar-refractivity contribution is -0.122. The van der Waals surface area contributed by atoms with Gasteiger partial charge in [-0.05, 0) is 48.9 Å². The topological polar surface area (TPSA) is 80.2 Å². The molecule has 1 atom stereocenters. The second-order valence-corrected chi connectivity index (χ2v) is 8.42. The maximum Gasteiger partial charge on any atom is 0.263 e. The summed E-state index contributed by atoms with van der Waals surface area (Å²) < 4.78 is 1.29. The van der Waals surface area contributed by atoms with Crippen LogP contribution in [-0.4, -0.2) is 22.4 Å². The van der Waals surface area contributed by atoms with Crippen molar-refractivity contribution in [3.05, 3.63) is 69.6 Å². The lowest BCUT2D eigenvalue weighted by Gasteiger charge is -2.16. The van der Waals surface area contributed by atoms with E-state index in [2.05, 4.69) is 36.6 Å². The van der Waals surface area contributed by atoms with E-state index in [0.29, 0.717) is 5.92 Å². The van der Waals surface area contributed by atoms with Crippen LogP contribution in [0, 0.1) is 0 Å². The highest BCUT2D eigenvalue weighted by molar-refractivity contribution is 5.94. The van der Waals surface area contributed by atoms with E-state index in [1.54, 1.807) is 12.3 Å². The Morgan fingerprint density at radius 2 is 1.67 bits per heavy atom. The smallest absolute Gasteiger partial charge is 0.263 e. The lowest BCUT2D eigenvalue weighted by Crippen LogP contribution is -2.39. The summed E-state index contributed by atoms with van der Waals surface area (Å²) in [6.45, 7) is 6.07. The molecule has 3 rings (SSSR count). The molecule has 0 bridgehead atoms. The molecule has 2 N–H and O–H groups in total. The van der Waals surface area contributed by atoms with Gasteiger partial charge in [-0.3, -0.25) is 14.4 Å². The third-order valence-electron chi connectivity index (χ3n) is 5.75. The Hall–Kier alpha value is -2.89. The fourth-order valence-electron chi connectivity index (χ4n) is 3.86. The van der Waals surface area contributed by atoms with Crippen molar-refractivity contribution in [3.63, 3.8) is 0 Å². The van der Waals surface area contributed by atoms with E-state index < -0.39 is 11.5 Å². The van der Waals surface area contributed by atoms with E-state index in [9.17, 15) is 14.4 Å². The molecule has 0 spiro atoms. The van der Waals surface area contributed by atoms with E-state index in [-0.39, 0.29) is 30.1 Å². The molecular weight excluding hydrogens is 378 g/mol. The summed E-state index contributed by atoms with van der Waals surface area (Å²) in [5.74, 6) is -0.191. The maximum atomic E-state index is 12.7. The molecule has 6 heteroatoms. The first-order valence-corrected chi connectivity index (χ1v) is 10.7. The fraction of sp³-hybridized carbons (Fsp3) is 0.458. The fourth-order valence-corrected chi connectivity index (χ4v) is 3.86. The van der Waals surface area contributed by atoms with Gasteiger partial charge >= 0.3 is 0 Å². The minimum Gasteiger partial charge on any atom is -0.352 e. The van der Waals surface area contributed by atoms with Crippen LogP contribution in [0.5, 0.6) is 0 Å². The molecule has 1 heterocycles. The number of aromatic nitrogens is 1. The second-order valence-electron chi connectivity index (χ2n) is 8.42. The number of rotatable bonds is 7. The molecule has 1 aromatic heterocycles. The standard InChI is InChI=1S/C24H31N3O3/c1-16(2)18-10-12-19(13-11-18)17(3)25-23(29)21-9-6-14-27(24(21)30)15-22(28)26-20-7-4-5-8-20/h6,9-14,16-17,20H,4-5,7-8,15H2,1-3H3,(H,25,29)(H,26,28)/t17-/m0/s1. The quantitative estimate of drug-likeness (QED) is 0.734. The van der Waals surface area contributed by atoms with Gasteiger partial charge in [-0.15, -0.1) is 0 Å². The van der Waals surface area contributed by atoms with Crippen molar-refractivity contribution < 1.29 is 9.59 Å². The predicted molar refractivity (Wildman–Crippen MR) is 118 cm³/mol. The van der Waals surface area contributed by atoms with Gasteiger partial charge in [-0.1, -0.05) is 51.0 Å². The Morgan fingerprint density at radius 3 is 2.30 bits per heavy atom. The number of carbonyl (C=O) groups excluding carboxylic acids is 2. The summed E-state index contributed by atoms with van der Waals surface area (Å²) >= 11 is 0. The molecule has 160 valence electrons. The minimum absolute atomic E-state index is 0.0387. The summed E-state index contributed by atoms with van der Waals surface area (Å²) in [5, 5.41) is 5.86. The number of hydrogen-bond donors (Lipinski definition) is 2. The van der Waals surface area contributed by atoms with Crippen LogP contribution < -0.4 is 16.2 Å². The highest BCUT2D eigenvalue weighted by Gasteiger charge is 2.19. The van der Waals surface area contributed by atoms with Gasteiger partial charge in [0.2, 0.25) is 5.91 Å². The van der Waals surface area contributed by atoms with Gasteiger partial charge < -0.3 is 15.2 Å². The van der Waals surface area contributed by atoms with Gasteiger partial charge in [-0.2, -0.15) is 0 Å². The molecule has 6 nitrogen and oxygen atoms in total. The molecule has 2 aromatic rings. The Labute approximate surface area is 177 Å². The molecule has 0 aliphatic heterocycles. The zero-order valence-electron chi connectivity index (χ0n) is 18.0. The monoisotopic (exact) mass is 409 g/mol. The van der Waals surface area contributed by atoms with Gasteiger partial charge in [-0.25, -0.2) is 0 Å². The molecule has 1 aromatic carbocycles. The molecule has 1 aliphatic carbocycles. The molecule has 1 saturated carbocycles. The largest absolute Gasteiger partial charge is 0.352 e. The summed E-state index contributed by atoms with van der Waals surface area (Å²) in [5.41, 5.74) is 1.79. The number of amides is 2. The average Bonchev–Trinajstić information content (AvgIpc) is 3.22. The third-order valence-corrected chi connectivity index (χ3v) is 5.75. The third kappa shape index (κ3) is 5.38. The summed E-state index contributed by atoms with van der Waals surface area (Å²) in [4.78, 5) is 37.7. The normalized spacial score (nSPS) is 15.2. The zero-order valence-corrected chi connectivity index (χ0v) is 18.0. The molecule has 30 heavy (non-hydrogen) atoms. The van der Waals surface area contributed by atoms with Gasteiger partial charge in [0.05, 0.1) is 6.04 Å². The second kappa shape index (κ2) is 9.74. The van der Waals surface area contributed by atoms with Crippen LogP contribution in [0.1, 0.15) is 79.9 Å². The van der Waals surface area contributed by atoms with Crippen LogP contribution in [0.15, 0.2) is 47.4 Å². The van der Waals surface area contributed by atoms with Crippen molar-refractivity contribution in [3.8, 4) is 0 Å². The first kappa shape index (κ1) is 21.8. The van der Waals surface area contributed by atoms with E-state index in [4.69, 9.17) is 0 Å². The van der Waals surface area contributed by atoms with E-state index in [1.807, 2.05) is 19.1 Å². The van der Waals surface area contributed by atoms with Crippen molar-refractivity contribution in [2.75, 3.05) is 0 Å². The van der Waals surface area contributed by atoms with Crippen LogP contribution in [0.25, 0.3) is 0 Å². The Kier molecular flexibility index (Phi) is 7.08. The molecule has 1 fully saturated rings. The van der Waals surface area contributed by atoms with Crippen LogP contribution >= 0.6 is 0 Å². The highest BCUT2D eigenvalue weighted by atomic mass is 16.2. The number of nitrogens with one attached hydrogen (secondary N) is 2.